The molecule has 1 aromatic heterocycles. The highest BCUT2D eigenvalue weighted by atomic mass is 16.5. The fraction of sp³-hybridized carbons (Fsp3) is 0.259. The summed E-state index contributed by atoms with van der Waals surface area (Å²) in [6, 6.07) is 21.9. The van der Waals surface area contributed by atoms with Crippen LogP contribution in [0.4, 0.5) is 0 Å². The SMILES string of the molecule is COc1ccc(-c2nc3cc(C(N)=O)ccc3n2C2CCCC2)cc1OCc1ccccc1. The number of carbonyl (C=O) groups is 1. The molecule has 0 atom stereocenters. The van der Waals surface area contributed by atoms with Crippen molar-refractivity contribution in [3.63, 3.8) is 0 Å². The van der Waals surface area contributed by atoms with Crippen LogP contribution >= 0.6 is 0 Å². The molecular formula is C27H27N3O3. The van der Waals surface area contributed by atoms with Gasteiger partial charge in [0.2, 0.25) is 5.91 Å². The molecule has 2 N–H and O–H groups in total. The van der Waals surface area contributed by atoms with Crippen molar-refractivity contribution in [2.75, 3.05) is 7.11 Å². The van der Waals surface area contributed by atoms with Crippen LogP contribution in [0.25, 0.3) is 22.4 Å². The molecule has 0 bridgehead atoms. The highest BCUT2D eigenvalue weighted by Crippen LogP contribution is 2.39. The molecule has 168 valence electrons. The van der Waals surface area contributed by atoms with Crippen molar-refractivity contribution in [2.45, 2.75) is 38.3 Å². The number of primary amides is 1. The van der Waals surface area contributed by atoms with Crippen LogP contribution in [0, 0.1) is 0 Å². The monoisotopic (exact) mass is 441 g/mol. The van der Waals surface area contributed by atoms with Crippen molar-refractivity contribution in [2.24, 2.45) is 5.73 Å². The zero-order valence-electron chi connectivity index (χ0n) is 18.7. The molecule has 1 saturated carbocycles. The first-order valence-corrected chi connectivity index (χ1v) is 11.3. The topological polar surface area (TPSA) is 79.4 Å². The van der Waals surface area contributed by atoms with Crippen LogP contribution in [0.5, 0.6) is 11.5 Å². The maximum absolute atomic E-state index is 11.7. The Morgan fingerprint density at radius 3 is 2.55 bits per heavy atom. The van der Waals surface area contributed by atoms with Gasteiger partial charge in [0.05, 0.1) is 18.1 Å². The van der Waals surface area contributed by atoms with Gasteiger partial charge in [-0.1, -0.05) is 43.2 Å². The van der Waals surface area contributed by atoms with Gasteiger partial charge >= 0.3 is 0 Å². The normalized spacial score (nSPS) is 14.0. The Hall–Kier alpha value is -3.80. The third kappa shape index (κ3) is 4.16. The van der Waals surface area contributed by atoms with Crippen LogP contribution in [0.15, 0.2) is 66.7 Å². The van der Waals surface area contributed by atoms with E-state index in [-0.39, 0.29) is 0 Å². The van der Waals surface area contributed by atoms with Crippen molar-refractivity contribution >= 4 is 16.9 Å². The number of rotatable bonds is 7. The minimum Gasteiger partial charge on any atom is -0.493 e. The molecule has 6 heteroatoms. The number of carbonyl (C=O) groups excluding carboxylic acids is 1. The Balaban J connectivity index is 1.58. The number of amides is 1. The fourth-order valence-corrected chi connectivity index (χ4v) is 4.65. The molecule has 3 aromatic carbocycles. The Labute approximate surface area is 193 Å². The van der Waals surface area contributed by atoms with Gasteiger partial charge in [-0.05, 0) is 54.8 Å². The predicted octanol–water partition coefficient (Wildman–Crippen LogP) is 5.50. The van der Waals surface area contributed by atoms with Crippen LogP contribution in [0.2, 0.25) is 0 Å². The molecule has 5 rings (SSSR count). The smallest absolute Gasteiger partial charge is 0.248 e. The average molecular weight is 442 g/mol. The zero-order valence-corrected chi connectivity index (χ0v) is 18.7. The molecule has 1 aliphatic carbocycles. The van der Waals surface area contributed by atoms with Gasteiger partial charge in [-0.15, -0.1) is 0 Å². The Bertz CT molecular complexity index is 1290. The lowest BCUT2D eigenvalue weighted by molar-refractivity contribution is 0.100. The quantitative estimate of drug-likeness (QED) is 0.410. The van der Waals surface area contributed by atoms with Crippen molar-refractivity contribution < 1.29 is 14.3 Å². The van der Waals surface area contributed by atoms with E-state index in [4.69, 9.17) is 20.2 Å². The highest BCUT2D eigenvalue weighted by molar-refractivity contribution is 5.96. The molecule has 1 heterocycles. The number of imidazole rings is 1. The van der Waals surface area contributed by atoms with Gasteiger partial charge in [0.25, 0.3) is 0 Å². The Kier molecular flexibility index (Phi) is 5.73. The molecule has 0 unspecified atom stereocenters. The van der Waals surface area contributed by atoms with Crippen LogP contribution < -0.4 is 15.2 Å². The van der Waals surface area contributed by atoms with Crippen LogP contribution in [-0.4, -0.2) is 22.6 Å². The molecule has 0 spiro atoms. The third-order valence-electron chi connectivity index (χ3n) is 6.32. The summed E-state index contributed by atoms with van der Waals surface area (Å²) in [7, 11) is 1.64. The van der Waals surface area contributed by atoms with Crippen LogP contribution in [0.1, 0.15) is 47.6 Å². The minimum atomic E-state index is -0.449. The third-order valence-corrected chi connectivity index (χ3v) is 6.32. The van der Waals surface area contributed by atoms with E-state index in [1.165, 1.54) is 12.8 Å². The second-order valence-electron chi connectivity index (χ2n) is 8.45. The number of benzene rings is 3. The highest BCUT2D eigenvalue weighted by Gasteiger charge is 2.24. The maximum Gasteiger partial charge on any atom is 0.248 e. The lowest BCUT2D eigenvalue weighted by Gasteiger charge is -2.18. The summed E-state index contributed by atoms with van der Waals surface area (Å²) >= 11 is 0. The second kappa shape index (κ2) is 8.98. The largest absolute Gasteiger partial charge is 0.493 e. The van der Waals surface area contributed by atoms with Gasteiger partial charge in [0.1, 0.15) is 12.4 Å². The first-order valence-electron chi connectivity index (χ1n) is 11.3. The van der Waals surface area contributed by atoms with Gasteiger partial charge in [-0.2, -0.15) is 0 Å². The fourth-order valence-electron chi connectivity index (χ4n) is 4.65. The van der Waals surface area contributed by atoms with Crippen molar-refractivity contribution in [3.05, 3.63) is 77.9 Å². The average Bonchev–Trinajstić information content (AvgIpc) is 3.50. The molecule has 0 radical (unpaired) electrons. The number of ether oxygens (including phenoxy) is 2. The molecule has 33 heavy (non-hydrogen) atoms. The molecular weight excluding hydrogens is 414 g/mol. The standard InChI is InChI=1S/C27H27N3O3/c1-32-24-14-12-20(16-25(24)33-17-18-7-3-2-4-8-18)27-29-22-15-19(26(28)31)11-13-23(22)30(27)21-9-5-6-10-21/h2-4,7-8,11-16,21H,5-6,9-10,17H2,1H3,(H2,28,31). The van der Waals surface area contributed by atoms with E-state index in [0.717, 1.165) is 40.8 Å². The maximum atomic E-state index is 11.7. The lowest BCUT2D eigenvalue weighted by Crippen LogP contribution is -2.10. The summed E-state index contributed by atoms with van der Waals surface area (Å²) < 4.78 is 14.0. The first kappa shape index (κ1) is 21.1. The molecule has 0 saturated heterocycles. The summed E-state index contributed by atoms with van der Waals surface area (Å²) in [5, 5.41) is 0. The molecule has 0 aliphatic heterocycles. The van der Waals surface area contributed by atoms with E-state index in [9.17, 15) is 4.79 Å². The van der Waals surface area contributed by atoms with Crippen LogP contribution in [0.3, 0.4) is 0 Å². The van der Waals surface area contributed by atoms with E-state index in [1.807, 2.05) is 54.6 Å². The van der Waals surface area contributed by atoms with E-state index in [2.05, 4.69) is 4.57 Å². The molecule has 1 fully saturated rings. The first-order chi connectivity index (χ1) is 16.1. The van der Waals surface area contributed by atoms with E-state index in [1.54, 1.807) is 19.2 Å². The summed E-state index contributed by atoms with van der Waals surface area (Å²) in [5.74, 6) is 1.76. The van der Waals surface area contributed by atoms with Gasteiger partial charge in [0.15, 0.2) is 11.5 Å². The van der Waals surface area contributed by atoms with Crippen molar-refractivity contribution in [1.29, 1.82) is 0 Å². The number of nitrogens with zero attached hydrogens (tertiary/aromatic N) is 2. The molecule has 1 amide bonds. The number of nitrogens with two attached hydrogens (primary N) is 1. The number of hydrogen-bond donors (Lipinski definition) is 1. The summed E-state index contributed by atoms with van der Waals surface area (Å²) in [4.78, 5) is 16.7. The van der Waals surface area contributed by atoms with Crippen molar-refractivity contribution in [3.8, 4) is 22.9 Å². The van der Waals surface area contributed by atoms with Gasteiger partial charge in [-0.3, -0.25) is 4.79 Å². The van der Waals surface area contributed by atoms with Gasteiger partial charge in [0, 0.05) is 17.2 Å². The molecule has 6 nitrogen and oxygen atoms in total. The molecule has 1 aliphatic rings. The lowest BCUT2D eigenvalue weighted by atomic mass is 10.1. The van der Waals surface area contributed by atoms with E-state index < -0.39 is 5.91 Å². The Morgan fingerprint density at radius 1 is 1.03 bits per heavy atom. The molecule has 4 aromatic rings. The second-order valence-corrected chi connectivity index (χ2v) is 8.45. The van der Waals surface area contributed by atoms with Crippen molar-refractivity contribution in [1.82, 2.24) is 9.55 Å². The summed E-state index contributed by atoms with van der Waals surface area (Å²) in [6.45, 7) is 0.446. The number of methoxy groups -OCH3 is 1. The predicted molar refractivity (Wildman–Crippen MR) is 129 cm³/mol. The summed E-state index contributed by atoms with van der Waals surface area (Å²) in [6.07, 6.45) is 4.64. The van der Waals surface area contributed by atoms with Gasteiger partial charge < -0.3 is 19.8 Å². The van der Waals surface area contributed by atoms with E-state index in [0.29, 0.717) is 29.7 Å². The van der Waals surface area contributed by atoms with Crippen LogP contribution in [-0.2, 0) is 6.61 Å². The van der Waals surface area contributed by atoms with Gasteiger partial charge in [-0.25, -0.2) is 4.98 Å². The minimum absolute atomic E-state index is 0.375. The number of fused-ring (bicyclic) bond motifs is 1. The Morgan fingerprint density at radius 2 is 1.82 bits per heavy atom. The zero-order chi connectivity index (χ0) is 22.8. The number of aromatic nitrogens is 2. The van der Waals surface area contributed by atoms with E-state index >= 15 is 0 Å². The number of hydrogen-bond acceptors (Lipinski definition) is 4. The summed E-state index contributed by atoms with van der Waals surface area (Å²) in [5.41, 5.74) is 9.80.